The lowest BCUT2D eigenvalue weighted by atomic mass is 10.0. The van der Waals surface area contributed by atoms with Crippen LogP contribution in [0.15, 0.2) is 34.1 Å². The molecule has 1 aromatic carbocycles. The van der Waals surface area contributed by atoms with Crippen molar-refractivity contribution in [3.05, 3.63) is 50.1 Å². The summed E-state index contributed by atoms with van der Waals surface area (Å²) in [5, 5.41) is 2.07. The van der Waals surface area contributed by atoms with Crippen LogP contribution in [0, 0.1) is 6.92 Å². The third kappa shape index (κ3) is 2.94. The number of hydrogen-bond acceptors (Lipinski definition) is 3. The van der Waals surface area contributed by atoms with Crippen molar-refractivity contribution < 1.29 is 4.74 Å². The molecular formula is C14H16BrNOS. The number of hydrogen-bond donors (Lipinski definition) is 1. The Morgan fingerprint density at radius 3 is 2.78 bits per heavy atom. The number of thiophene rings is 1. The molecule has 0 spiro atoms. The molecule has 0 aliphatic carbocycles. The molecule has 0 saturated heterocycles. The molecule has 2 aromatic rings. The van der Waals surface area contributed by atoms with E-state index in [-0.39, 0.29) is 6.04 Å². The summed E-state index contributed by atoms with van der Waals surface area (Å²) in [5.41, 5.74) is 8.53. The van der Waals surface area contributed by atoms with Gasteiger partial charge in [-0.3, -0.25) is 0 Å². The minimum absolute atomic E-state index is 0.0458. The van der Waals surface area contributed by atoms with Gasteiger partial charge in [0.25, 0.3) is 0 Å². The molecule has 96 valence electrons. The smallest absolute Gasteiger partial charge is 0.123 e. The van der Waals surface area contributed by atoms with E-state index in [4.69, 9.17) is 10.5 Å². The van der Waals surface area contributed by atoms with Crippen molar-refractivity contribution >= 4 is 27.3 Å². The highest BCUT2D eigenvalue weighted by Crippen LogP contribution is 2.31. The topological polar surface area (TPSA) is 35.2 Å². The first kappa shape index (κ1) is 13.6. The van der Waals surface area contributed by atoms with Gasteiger partial charge in [0.1, 0.15) is 5.75 Å². The van der Waals surface area contributed by atoms with Crippen LogP contribution in [0.4, 0.5) is 0 Å². The fourth-order valence-corrected chi connectivity index (χ4v) is 3.48. The highest BCUT2D eigenvalue weighted by Gasteiger charge is 2.14. The molecule has 0 amide bonds. The summed E-state index contributed by atoms with van der Waals surface area (Å²) < 4.78 is 6.54. The molecule has 2 N–H and O–H groups in total. The molecule has 0 aliphatic heterocycles. The summed E-state index contributed by atoms with van der Waals surface area (Å²) in [4.78, 5) is 1.27. The molecule has 0 radical (unpaired) electrons. The molecule has 4 heteroatoms. The Labute approximate surface area is 120 Å². The summed E-state index contributed by atoms with van der Waals surface area (Å²) in [5.74, 6) is 0.871. The zero-order valence-corrected chi connectivity index (χ0v) is 12.8. The lowest BCUT2D eigenvalue weighted by Crippen LogP contribution is -2.14. The van der Waals surface area contributed by atoms with Crippen LogP contribution in [0.1, 0.15) is 22.0 Å². The number of nitrogens with two attached hydrogens (primary N) is 1. The predicted octanol–water partition coefficient (Wildman–Crippen LogP) is 4.07. The summed E-state index contributed by atoms with van der Waals surface area (Å²) >= 11 is 5.26. The van der Waals surface area contributed by atoms with Crippen LogP contribution < -0.4 is 10.5 Å². The fraction of sp³-hybridized carbons (Fsp3) is 0.286. The van der Waals surface area contributed by atoms with Gasteiger partial charge in [-0.15, -0.1) is 11.3 Å². The average Bonchev–Trinajstić information content (AvgIpc) is 2.74. The maximum Gasteiger partial charge on any atom is 0.123 e. The van der Waals surface area contributed by atoms with Crippen LogP contribution in [-0.4, -0.2) is 7.11 Å². The predicted molar refractivity (Wildman–Crippen MR) is 80.4 cm³/mol. The Kier molecular flexibility index (Phi) is 4.43. The second kappa shape index (κ2) is 5.87. The number of aryl methyl sites for hydroxylation is 1. The standard InChI is InChI=1S/C14H16BrNOS/c1-9-3-4-10(13(7-9)17-2)12(16)8-14-11(15)5-6-18-14/h3-7,12H,8,16H2,1-2H3. The zero-order chi connectivity index (χ0) is 13.1. The molecule has 0 fully saturated rings. The van der Waals surface area contributed by atoms with Crippen molar-refractivity contribution in [2.24, 2.45) is 5.73 Å². The quantitative estimate of drug-likeness (QED) is 0.919. The van der Waals surface area contributed by atoms with E-state index in [1.165, 1.54) is 10.4 Å². The van der Waals surface area contributed by atoms with E-state index in [9.17, 15) is 0 Å². The summed E-state index contributed by atoms with van der Waals surface area (Å²) in [6.07, 6.45) is 0.817. The lowest BCUT2D eigenvalue weighted by molar-refractivity contribution is 0.405. The summed E-state index contributed by atoms with van der Waals surface area (Å²) in [6.45, 7) is 2.05. The van der Waals surface area contributed by atoms with Gasteiger partial charge in [0, 0.05) is 27.4 Å². The lowest BCUT2D eigenvalue weighted by Gasteiger charge is -2.16. The van der Waals surface area contributed by atoms with E-state index in [2.05, 4.69) is 39.5 Å². The van der Waals surface area contributed by atoms with Gasteiger partial charge in [0.15, 0.2) is 0 Å². The Hall–Kier alpha value is -0.840. The van der Waals surface area contributed by atoms with Crippen molar-refractivity contribution in [3.8, 4) is 5.75 Å². The van der Waals surface area contributed by atoms with Crippen molar-refractivity contribution in [3.63, 3.8) is 0 Å². The summed E-state index contributed by atoms with van der Waals surface area (Å²) in [6, 6.07) is 8.16. The molecule has 2 rings (SSSR count). The van der Waals surface area contributed by atoms with Gasteiger partial charge in [-0.05, 0) is 45.9 Å². The molecule has 1 unspecified atom stereocenters. The van der Waals surface area contributed by atoms with Crippen LogP contribution in [0.25, 0.3) is 0 Å². The fourth-order valence-electron chi connectivity index (χ4n) is 1.91. The van der Waals surface area contributed by atoms with E-state index in [1.54, 1.807) is 18.4 Å². The Balaban J connectivity index is 2.23. The van der Waals surface area contributed by atoms with Crippen LogP contribution >= 0.6 is 27.3 Å². The number of benzene rings is 1. The number of rotatable bonds is 4. The first-order chi connectivity index (χ1) is 8.61. The van der Waals surface area contributed by atoms with Crippen LogP contribution in [0.2, 0.25) is 0 Å². The SMILES string of the molecule is COc1cc(C)ccc1C(N)Cc1sccc1Br. The van der Waals surface area contributed by atoms with E-state index in [0.29, 0.717) is 0 Å². The summed E-state index contributed by atoms with van der Waals surface area (Å²) in [7, 11) is 1.69. The number of halogens is 1. The minimum atomic E-state index is -0.0458. The monoisotopic (exact) mass is 325 g/mol. The van der Waals surface area contributed by atoms with Gasteiger partial charge in [0.05, 0.1) is 7.11 Å². The van der Waals surface area contributed by atoms with Gasteiger partial charge < -0.3 is 10.5 Å². The molecule has 0 saturated carbocycles. The van der Waals surface area contributed by atoms with E-state index >= 15 is 0 Å². The molecule has 1 heterocycles. The van der Waals surface area contributed by atoms with Crippen molar-refractivity contribution in [1.82, 2.24) is 0 Å². The third-order valence-corrected chi connectivity index (χ3v) is 4.83. The van der Waals surface area contributed by atoms with Crippen molar-refractivity contribution in [2.75, 3.05) is 7.11 Å². The Morgan fingerprint density at radius 1 is 1.39 bits per heavy atom. The van der Waals surface area contributed by atoms with E-state index in [0.717, 1.165) is 22.2 Å². The van der Waals surface area contributed by atoms with Gasteiger partial charge >= 0.3 is 0 Å². The largest absolute Gasteiger partial charge is 0.496 e. The van der Waals surface area contributed by atoms with Gasteiger partial charge in [-0.1, -0.05) is 12.1 Å². The second-order valence-electron chi connectivity index (χ2n) is 4.25. The maximum absolute atomic E-state index is 6.29. The van der Waals surface area contributed by atoms with Crippen molar-refractivity contribution in [2.45, 2.75) is 19.4 Å². The van der Waals surface area contributed by atoms with Crippen molar-refractivity contribution in [1.29, 1.82) is 0 Å². The second-order valence-corrected chi connectivity index (χ2v) is 6.10. The zero-order valence-electron chi connectivity index (χ0n) is 10.4. The van der Waals surface area contributed by atoms with Gasteiger partial charge in [0.2, 0.25) is 0 Å². The van der Waals surface area contributed by atoms with Gasteiger partial charge in [-0.2, -0.15) is 0 Å². The third-order valence-electron chi connectivity index (χ3n) is 2.88. The first-order valence-corrected chi connectivity index (χ1v) is 7.41. The Bertz CT molecular complexity index is 538. The maximum atomic E-state index is 6.29. The van der Waals surface area contributed by atoms with E-state index in [1.807, 2.05) is 13.0 Å². The first-order valence-electron chi connectivity index (χ1n) is 5.74. The molecule has 1 atom stereocenters. The molecule has 0 bridgehead atoms. The average molecular weight is 326 g/mol. The van der Waals surface area contributed by atoms with Gasteiger partial charge in [-0.25, -0.2) is 0 Å². The number of ether oxygens (including phenoxy) is 1. The van der Waals surface area contributed by atoms with E-state index < -0.39 is 0 Å². The molecule has 0 aliphatic rings. The van der Waals surface area contributed by atoms with Crippen LogP contribution in [-0.2, 0) is 6.42 Å². The minimum Gasteiger partial charge on any atom is -0.496 e. The molecule has 2 nitrogen and oxygen atoms in total. The molecule has 1 aromatic heterocycles. The molecule has 18 heavy (non-hydrogen) atoms. The highest BCUT2D eigenvalue weighted by atomic mass is 79.9. The van der Waals surface area contributed by atoms with Crippen LogP contribution in [0.3, 0.4) is 0 Å². The Morgan fingerprint density at radius 2 is 2.17 bits per heavy atom. The number of methoxy groups -OCH3 is 1. The highest BCUT2D eigenvalue weighted by molar-refractivity contribution is 9.10. The van der Waals surface area contributed by atoms with Crippen LogP contribution in [0.5, 0.6) is 5.75 Å². The molecular weight excluding hydrogens is 310 g/mol. The normalized spacial score (nSPS) is 12.4.